The van der Waals surface area contributed by atoms with Gasteiger partial charge in [0, 0.05) is 25.2 Å². The van der Waals surface area contributed by atoms with Crippen molar-refractivity contribution in [2.75, 3.05) is 24.6 Å². The van der Waals surface area contributed by atoms with Crippen molar-refractivity contribution in [3.8, 4) is 5.88 Å². The van der Waals surface area contributed by atoms with Crippen LogP contribution in [0.3, 0.4) is 0 Å². The van der Waals surface area contributed by atoms with Gasteiger partial charge in [0.15, 0.2) is 5.82 Å². The molecule has 0 aromatic carbocycles. The first-order valence-electron chi connectivity index (χ1n) is 9.67. The van der Waals surface area contributed by atoms with Crippen LogP contribution in [0.2, 0.25) is 0 Å². The summed E-state index contributed by atoms with van der Waals surface area (Å²) in [6, 6.07) is 4.64. The Morgan fingerprint density at radius 3 is 2.65 bits per heavy atom. The lowest BCUT2D eigenvalue weighted by Gasteiger charge is -2.33. The maximum Gasteiger partial charge on any atom is 0.324 e. The Labute approximate surface area is 156 Å². The number of rotatable bonds is 7. The van der Waals surface area contributed by atoms with Crippen molar-refractivity contribution >= 4 is 19.3 Å². The van der Waals surface area contributed by atoms with Gasteiger partial charge in [0.1, 0.15) is 7.85 Å². The second-order valence-electron chi connectivity index (χ2n) is 7.70. The normalized spacial score (nSPS) is 16.8. The molecule has 0 bridgehead atoms. The highest BCUT2D eigenvalue weighted by molar-refractivity contribution is 6.32. The maximum atomic E-state index is 5.78. The summed E-state index contributed by atoms with van der Waals surface area (Å²) in [5, 5.41) is 4.07. The second kappa shape index (κ2) is 8.56. The molecule has 1 fully saturated rings. The van der Waals surface area contributed by atoms with Gasteiger partial charge in [-0.25, -0.2) is 4.98 Å². The minimum Gasteiger partial charge on any atom is -0.478 e. The van der Waals surface area contributed by atoms with Gasteiger partial charge in [0.25, 0.3) is 0 Å². The first-order chi connectivity index (χ1) is 12.5. The fourth-order valence-corrected chi connectivity index (χ4v) is 3.37. The van der Waals surface area contributed by atoms with E-state index in [1.807, 2.05) is 26.2 Å². The Morgan fingerprint density at radius 1 is 1.27 bits per heavy atom. The monoisotopic (exact) mass is 356 g/mol. The molecule has 26 heavy (non-hydrogen) atoms. The van der Waals surface area contributed by atoms with Gasteiger partial charge in [-0.3, -0.25) is 0 Å². The topological polar surface area (TPSA) is 64.3 Å². The van der Waals surface area contributed by atoms with E-state index >= 15 is 0 Å². The molecule has 0 unspecified atom stereocenters. The molecule has 3 rings (SSSR count). The third-order valence-corrected chi connectivity index (χ3v) is 5.27. The number of nitrogens with zero attached hydrogens (tertiary/aromatic N) is 4. The van der Waals surface area contributed by atoms with E-state index in [2.05, 4.69) is 40.8 Å². The number of aromatic nitrogens is 3. The Kier molecular flexibility index (Phi) is 6.17. The Morgan fingerprint density at radius 2 is 2.04 bits per heavy atom. The van der Waals surface area contributed by atoms with Crippen LogP contribution in [0.25, 0.3) is 0 Å². The molecule has 2 aromatic rings. The number of piperidine rings is 1. The average molecular weight is 356 g/mol. The van der Waals surface area contributed by atoms with Gasteiger partial charge in [-0.1, -0.05) is 37.5 Å². The van der Waals surface area contributed by atoms with E-state index in [0.29, 0.717) is 23.8 Å². The minimum atomic E-state index is 0.299. The molecule has 0 aliphatic carbocycles. The molecule has 140 valence electrons. The number of anilines is 1. The van der Waals surface area contributed by atoms with Crippen molar-refractivity contribution < 1.29 is 9.26 Å². The Hall–Kier alpha value is -2.05. The minimum absolute atomic E-state index is 0.299. The van der Waals surface area contributed by atoms with Gasteiger partial charge in [-0.2, -0.15) is 4.98 Å². The Balaban J connectivity index is 1.41. The van der Waals surface area contributed by atoms with Crippen molar-refractivity contribution in [3.05, 3.63) is 24.2 Å². The summed E-state index contributed by atoms with van der Waals surface area (Å²) in [7, 11) is 2.03. The lowest BCUT2D eigenvalue weighted by molar-refractivity contribution is 0.216. The van der Waals surface area contributed by atoms with Crippen LogP contribution in [-0.4, -0.2) is 42.7 Å². The molecule has 6 nitrogen and oxygen atoms in total. The third-order valence-electron chi connectivity index (χ3n) is 5.27. The highest BCUT2D eigenvalue weighted by Gasteiger charge is 2.26. The van der Waals surface area contributed by atoms with Gasteiger partial charge in [0.05, 0.1) is 6.61 Å². The van der Waals surface area contributed by atoms with E-state index in [1.54, 1.807) is 0 Å². The summed E-state index contributed by atoms with van der Waals surface area (Å²) in [6.45, 7) is 9.17. The quantitative estimate of drug-likeness (QED) is 0.709. The molecular formula is C19H29BN4O2. The largest absolute Gasteiger partial charge is 0.478 e. The van der Waals surface area contributed by atoms with Gasteiger partial charge >= 0.3 is 6.01 Å². The van der Waals surface area contributed by atoms with E-state index < -0.39 is 0 Å². The molecular weight excluding hydrogens is 327 g/mol. The van der Waals surface area contributed by atoms with Gasteiger partial charge < -0.3 is 14.2 Å². The molecule has 0 saturated carbocycles. The Bertz CT molecular complexity index is 681. The van der Waals surface area contributed by atoms with Crippen LogP contribution in [-0.2, 0) is 0 Å². The van der Waals surface area contributed by atoms with Crippen molar-refractivity contribution in [2.45, 2.75) is 46.0 Å². The first kappa shape index (κ1) is 18.7. The van der Waals surface area contributed by atoms with Gasteiger partial charge in [-0.15, -0.1) is 0 Å². The van der Waals surface area contributed by atoms with Crippen molar-refractivity contribution in [3.63, 3.8) is 0 Å². The molecule has 1 atom stereocenters. The molecule has 3 heterocycles. The lowest BCUT2D eigenvalue weighted by Crippen LogP contribution is -2.36. The van der Waals surface area contributed by atoms with Crippen LogP contribution in [0.5, 0.6) is 5.88 Å². The highest BCUT2D eigenvalue weighted by atomic mass is 16.5. The zero-order valence-corrected chi connectivity index (χ0v) is 16.3. The summed E-state index contributed by atoms with van der Waals surface area (Å²) < 4.78 is 11.2. The number of pyridine rings is 1. The van der Waals surface area contributed by atoms with Crippen LogP contribution in [0.15, 0.2) is 22.9 Å². The molecule has 1 aliphatic heterocycles. The molecule has 0 amide bonds. The van der Waals surface area contributed by atoms with Gasteiger partial charge in [-0.05, 0) is 37.2 Å². The lowest BCUT2D eigenvalue weighted by atomic mass is 9.84. The van der Waals surface area contributed by atoms with E-state index in [9.17, 15) is 0 Å². The highest BCUT2D eigenvalue weighted by Crippen LogP contribution is 2.29. The molecule has 2 aromatic heterocycles. The summed E-state index contributed by atoms with van der Waals surface area (Å²) in [5.74, 6) is 3.16. The van der Waals surface area contributed by atoms with Crippen LogP contribution < -0.4 is 15.1 Å². The predicted octanol–water partition coefficient (Wildman–Crippen LogP) is 2.17. The van der Waals surface area contributed by atoms with Crippen LogP contribution >= 0.6 is 0 Å². The second-order valence-corrected chi connectivity index (χ2v) is 7.70. The van der Waals surface area contributed by atoms with E-state index in [-0.39, 0.29) is 0 Å². The van der Waals surface area contributed by atoms with E-state index in [4.69, 9.17) is 9.26 Å². The summed E-state index contributed by atoms with van der Waals surface area (Å²) in [4.78, 5) is 11.0. The molecule has 7 heteroatoms. The number of hydrogen-bond acceptors (Lipinski definition) is 6. The van der Waals surface area contributed by atoms with Crippen LogP contribution in [0.1, 0.15) is 51.8 Å². The molecule has 1 aliphatic rings. The van der Waals surface area contributed by atoms with Gasteiger partial charge in [0.2, 0.25) is 5.88 Å². The molecule has 1 saturated heterocycles. The first-order valence-corrected chi connectivity index (χ1v) is 9.67. The number of ether oxygens (including phenoxy) is 1. The van der Waals surface area contributed by atoms with Crippen LogP contribution in [0, 0.1) is 11.8 Å². The number of hydrogen-bond donors (Lipinski definition) is 0. The SMILES string of the molecule is Bc1ccc(OCC[C@@H](C)C2CCN(c3nc(C(C)C)no3)CC2)nc1. The van der Waals surface area contributed by atoms with Crippen LogP contribution in [0.4, 0.5) is 6.01 Å². The van der Waals surface area contributed by atoms with Crippen molar-refractivity contribution in [1.82, 2.24) is 15.1 Å². The molecule has 0 N–H and O–H groups in total. The average Bonchev–Trinajstić information content (AvgIpc) is 3.14. The fraction of sp³-hybridized carbons (Fsp3) is 0.632. The fourth-order valence-electron chi connectivity index (χ4n) is 3.37. The summed E-state index contributed by atoms with van der Waals surface area (Å²) >= 11 is 0. The smallest absolute Gasteiger partial charge is 0.324 e. The summed E-state index contributed by atoms with van der Waals surface area (Å²) in [5.41, 5.74) is 1.15. The summed E-state index contributed by atoms with van der Waals surface area (Å²) in [6.07, 6.45) is 5.21. The molecule has 0 spiro atoms. The zero-order chi connectivity index (χ0) is 18.5. The standard InChI is InChI=1S/C19H29BN4O2/c1-13(2)18-22-19(26-23-18)24-9-6-15(7-10-24)14(3)8-11-25-17-5-4-16(20)12-21-17/h4-5,12-15H,6-11,20H2,1-3H3/t14-/m1/s1. The zero-order valence-electron chi connectivity index (χ0n) is 16.3. The maximum absolute atomic E-state index is 5.78. The van der Waals surface area contributed by atoms with Crippen molar-refractivity contribution in [2.24, 2.45) is 11.8 Å². The van der Waals surface area contributed by atoms with Crippen molar-refractivity contribution in [1.29, 1.82) is 0 Å². The predicted molar refractivity (Wildman–Crippen MR) is 105 cm³/mol. The van der Waals surface area contributed by atoms with E-state index in [0.717, 1.165) is 56.1 Å². The molecule has 0 radical (unpaired) electrons. The third kappa shape index (κ3) is 4.77. The van der Waals surface area contributed by atoms with E-state index in [1.165, 1.54) is 0 Å².